The number of unbranched alkanes of at least 4 members (excludes halogenated alkanes) is 5. The number of rotatable bonds is 13. The van der Waals surface area contributed by atoms with Gasteiger partial charge in [-0.25, -0.2) is 0 Å². The molecule has 2 heterocycles. The Morgan fingerprint density at radius 1 is 1.12 bits per heavy atom. The van der Waals surface area contributed by atoms with Crippen LogP contribution in [0.3, 0.4) is 0 Å². The first-order valence-corrected chi connectivity index (χ1v) is 16.1. The summed E-state index contributed by atoms with van der Waals surface area (Å²) in [4.78, 5) is 11.9. The molecule has 5 atom stereocenters. The third-order valence-electron chi connectivity index (χ3n) is 5.55. The lowest BCUT2D eigenvalue weighted by atomic mass is 10.0. The van der Waals surface area contributed by atoms with Crippen molar-refractivity contribution in [3.8, 4) is 0 Å². The van der Waals surface area contributed by atoms with Gasteiger partial charge in [0.2, 0.25) is 0 Å². The van der Waals surface area contributed by atoms with Crippen molar-refractivity contribution < 1.29 is 28.2 Å². The number of ether oxygens (including phenoxy) is 4. The highest BCUT2D eigenvalue weighted by atomic mass is 32.1. The van der Waals surface area contributed by atoms with Gasteiger partial charge in [-0.1, -0.05) is 39.0 Å². The van der Waals surface area contributed by atoms with Gasteiger partial charge in [-0.2, -0.15) is 0 Å². The standard InChI is InChI=1S/C23H44N2O6SSi/c1-8-9-10-11-12-13-14-24-22(32)25-17(15-27-33(5,6)7)18-19(28-16(2)26)20-21(29-18)31-23(3,4)30-20/h17-21H,8-15H2,1-7H3,(H2,24,25,32)/t17-,18+,19+,20-,21-/m1/s1. The summed E-state index contributed by atoms with van der Waals surface area (Å²) < 4.78 is 29.9. The minimum Gasteiger partial charge on any atom is -0.457 e. The lowest BCUT2D eigenvalue weighted by Gasteiger charge is -2.33. The molecule has 0 bridgehead atoms. The SMILES string of the molecule is CCCCCCCCNC(=S)N[C@H](CO[Si](C)(C)C)[C@@H]1O[C@@H]2OC(C)(C)O[C@@H]2[C@H]1OC(C)=O. The largest absolute Gasteiger partial charge is 0.457 e. The van der Waals surface area contributed by atoms with E-state index in [1.165, 1.54) is 39.0 Å². The number of hydrogen-bond acceptors (Lipinski definition) is 7. The maximum absolute atomic E-state index is 11.9. The van der Waals surface area contributed by atoms with Crippen LogP contribution < -0.4 is 10.6 Å². The summed E-state index contributed by atoms with van der Waals surface area (Å²) in [5.74, 6) is -1.19. The van der Waals surface area contributed by atoms with Crippen molar-refractivity contribution in [3.05, 3.63) is 0 Å². The molecule has 192 valence electrons. The summed E-state index contributed by atoms with van der Waals surface area (Å²) in [5.41, 5.74) is 0. The van der Waals surface area contributed by atoms with Crippen LogP contribution in [0, 0.1) is 0 Å². The summed E-state index contributed by atoms with van der Waals surface area (Å²) in [6.45, 7) is 14.8. The molecule has 2 fully saturated rings. The van der Waals surface area contributed by atoms with Gasteiger partial charge < -0.3 is 34.0 Å². The smallest absolute Gasteiger partial charge is 0.303 e. The van der Waals surface area contributed by atoms with E-state index in [-0.39, 0.29) is 6.04 Å². The first kappa shape index (κ1) is 28.5. The Labute approximate surface area is 205 Å². The highest BCUT2D eigenvalue weighted by Crippen LogP contribution is 2.39. The zero-order chi connectivity index (χ0) is 24.6. The molecule has 0 spiro atoms. The van der Waals surface area contributed by atoms with Crippen molar-refractivity contribution in [1.82, 2.24) is 10.6 Å². The summed E-state index contributed by atoms with van der Waals surface area (Å²) in [7, 11) is -1.80. The van der Waals surface area contributed by atoms with Crippen molar-refractivity contribution in [2.24, 2.45) is 0 Å². The number of carbonyl (C=O) groups is 1. The van der Waals surface area contributed by atoms with Gasteiger partial charge in [0, 0.05) is 13.5 Å². The third kappa shape index (κ3) is 9.77. The second-order valence-electron chi connectivity index (χ2n) is 10.3. The molecule has 2 aliphatic heterocycles. The topological polar surface area (TPSA) is 87.3 Å². The van der Waals surface area contributed by atoms with E-state index in [9.17, 15) is 4.79 Å². The second-order valence-corrected chi connectivity index (χ2v) is 15.3. The zero-order valence-electron chi connectivity index (χ0n) is 21.4. The Morgan fingerprint density at radius 2 is 1.79 bits per heavy atom. The second kappa shape index (κ2) is 12.8. The first-order valence-electron chi connectivity index (χ1n) is 12.3. The number of esters is 1. The number of hydrogen-bond donors (Lipinski definition) is 2. The Hall–Kier alpha value is -0.783. The van der Waals surface area contributed by atoms with E-state index in [1.807, 2.05) is 13.8 Å². The minimum atomic E-state index is -1.80. The maximum atomic E-state index is 11.9. The monoisotopic (exact) mass is 504 g/mol. The van der Waals surface area contributed by atoms with Crippen molar-refractivity contribution in [2.75, 3.05) is 13.2 Å². The molecule has 2 N–H and O–H groups in total. The highest BCUT2D eigenvalue weighted by Gasteiger charge is 2.58. The van der Waals surface area contributed by atoms with Gasteiger partial charge in [-0.3, -0.25) is 4.79 Å². The van der Waals surface area contributed by atoms with Crippen molar-refractivity contribution in [1.29, 1.82) is 0 Å². The molecule has 0 amide bonds. The molecule has 2 rings (SSSR count). The van der Waals surface area contributed by atoms with Crippen molar-refractivity contribution in [3.63, 3.8) is 0 Å². The fourth-order valence-corrected chi connectivity index (χ4v) is 4.97. The van der Waals surface area contributed by atoms with Gasteiger partial charge in [0.05, 0.1) is 12.6 Å². The minimum absolute atomic E-state index is 0.327. The predicted molar refractivity (Wildman–Crippen MR) is 134 cm³/mol. The van der Waals surface area contributed by atoms with Crippen molar-refractivity contribution >= 4 is 31.6 Å². The summed E-state index contributed by atoms with van der Waals surface area (Å²) in [6.07, 6.45) is 5.07. The number of nitrogens with one attached hydrogen (secondary N) is 2. The van der Waals surface area contributed by atoms with Crippen molar-refractivity contribution in [2.45, 2.75) is 122 Å². The van der Waals surface area contributed by atoms with Crippen LogP contribution in [0.5, 0.6) is 0 Å². The average Bonchev–Trinajstić information content (AvgIpc) is 3.16. The van der Waals surface area contributed by atoms with E-state index in [2.05, 4.69) is 37.2 Å². The number of carbonyl (C=O) groups excluding carboxylic acids is 1. The van der Waals surface area contributed by atoms with Crippen LogP contribution in [0.25, 0.3) is 0 Å². The summed E-state index contributed by atoms with van der Waals surface area (Å²) in [5, 5.41) is 7.18. The molecule has 33 heavy (non-hydrogen) atoms. The highest BCUT2D eigenvalue weighted by molar-refractivity contribution is 7.80. The van der Waals surface area contributed by atoms with Gasteiger partial charge in [0.1, 0.15) is 6.10 Å². The van der Waals surface area contributed by atoms with Gasteiger partial charge in [0.25, 0.3) is 0 Å². The van der Waals surface area contributed by atoms with E-state index < -0.39 is 44.7 Å². The first-order chi connectivity index (χ1) is 15.4. The van der Waals surface area contributed by atoms with Gasteiger partial charge in [-0.15, -0.1) is 0 Å². The predicted octanol–water partition coefficient (Wildman–Crippen LogP) is 3.84. The van der Waals surface area contributed by atoms with Crippen LogP contribution >= 0.6 is 12.2 Å². The third-order valence-corrected chi connectivity index (χ3v) is 6.85. The summed E-state index contributed by atoms with van der Waals surface area (Å²) >= 11 is 5.56. The Morgan fingerprint density at radius 3 is 2.42 bits per heavy atom. The van der Waals surface area contributed by atoms with Gasteiger partial charge in [-0.05, 0) is 52.1 Å². The lowest BCUT2D eigenvalue weighted by Crippen LogP contribution is -2.55. The molecule has 0 aromatic rings. The maximum Gasteiger partial charge on any atom is 0.303 e. The molecule has 0 aliphatic carbocycles. The normalized spacial score (nSPS) is 27.1. The molecular formula is C23H44N2O6SSi. The van der Waals surface area contributed by atoms with Crippen LogP contribution in [-0.2, 0) is 28.2 Å². The van der Waals surface area contributed by atoms with Crippen LogP contribution in [0.15, 0.2) is 0 Å². The summed E-state index contributed by atoms with van der Waals surface area (Å²) in [6, 6.07) is -0.327. The van der Waals surface area contributed by atoms with E-state index in [0.717, 1.165) is 13.0 Å². The molecular weight excluding hydrogens is 460 g/mol. The van der Waals surface area contributed by atoms with E-state index >= 15 is 0 Å². The Balaban J connectivity index is 2.00. The van der Waals surface area contributed by atoms with E-state index in [1.54, 1.807) is 0 Å². The lowest BCUT2D eigenvalue weighted by molar-refractivity contribution is -0.221. The molecule has 0 aromatic carbocycles. The molecule has 10 heteroatoms. The molecule has 0 aromatic heterocycles. The zero-order valence-corrected chi connectivity index (χ0v) is 23.2. The molecule has 2 aliphatic rings. The molecule has 2 saturated heterocycles. The number of fused-ring (bicyclic) bond motifs is 1. The molecule has 0 unspecified atom stereocenters. The fraction of sp³-hybridized carbons (Fsp3) is 0.913. The molecule has 0 radical (unpaired) electrons. The quantitative estimate of drug-likeness (QED) is 0.168. The van der Waals surface area contributed by atoms with Crippen LogP contribution in [0.2, 0.25) is 19.6 Å². The number of thiocarbonyl (C=S) groups is 1. The van der Waals surface area contributed by atoms with Crippen LogP contribution in [0.1, 0.15) is 66.2 Å². The van der Waals surface area contributed by atoms with E-state index in [0.29, 0.717) is 11.7 Å². The van der Waals surface area contributed by atoms with E-state index in [4.69, 9.17) is 35.6 Å². The van der Waals surface area contributed by atoms with Crippen LogP contribution in [0.4, 0.5) is 0 Å². The Kier molecular flexibility index (Phi) is 11.0. The molecule has 0 saturated carbocycles. The van der Waals surface area contributed by atoms with Gasteiger partial charge >= 0.3 is 5.97 Å². The van der Waals surface area contributed by atoms with Gasteiger partial charge in [0.15, 0.2) is 37.7 Å². The fourth-order valence-electron chi connectivity index (χ4n) is 4.04. The Bertz CT molecular complexity index is 645. The average molecular weight is 505 g/mol. The van der Waals surface area contributed by atoms with Crippen LogP contribution in [-0.4, -0.2) is 69.0 Å². The molecule has 8 nitrogen and oxygen atoms in total.